The van der Waals surface area contributed by atoms with Crippen LogP contribution < -0.4 is 5.43 Å². The van der Waals surface area contributed by atoms with Gasteiger partial charge in [0.1, 0.15) is 0 Å². The van der Waals surface area contributed by atoms with Crippen molar-refractivity contribution in [1.29, 1.82) is 0 Å². The highest BCUT2D eigenvalue weighted by Crippen LogP contribution is 2.17. The molecule has 108 valence electrons. The summed E-state index contributed by atoms with van der Waals surface area (Å²) in [5, 5.41) is 4.18. The Hall–Kier alpha value is -3.08. The van der Waals surface area contributed by atoms with Crippen molar-refractivity contribution >= 4 is 12.0 Å². The highest BCUT2D eigenvalue weighted by atomic mass is 15.3. The van der Waals surface area contributed by atoms with Gasteiger partial charge in [0.05, 0.1) is 6.21 Å². The van der Waals surface area contributed by atoms with E-state index in [9.17, 15) is 0 Å². The van der Waals surface area contributed by atoms with Crippen LogP contribution in [-0.2, 0) is 0 Å². The first kappa shape index (κ1) is 13.9. The van der Waals surface area contributed by atoms with E-state index in [1.807, 2.05) is 55.5 Å². The van der Waals surface area contributed by atoms with Gasteiger partial charge in [-0.15, -0.1) is 0 Å². The summed E-state index contributed by atoms with van der Waals surface area (Å²) >= 11 is 0. The second-order valence-electron chi connectivity index (χ2n) is 4.74. The van der Waals surface area contributed by atoms with E-state index < -0.39 is 0 Å². The zero-order valence-corrected chi connectivity index (χ0v) is 12.1. The Morgan fingerprint density at radius 1 is 1.05 bits per heavy atom. The number of benzene rings is 1. The van der Waals surface area contributed by atoms with Gasteiger partial charge in [0.25, 0.3) is 0 Å². The molecule has 0 bridgehead atoms. The van der Waals surface area contributed by atoms with Crippen molar-refractivity contribution in [2.45, 2.75) is 6.92 Å². The van der Waals surface area contributed by atoms with Gasteiger partial charge < -0.3 is 0 Å². The molecule has 1 aromatic carbocycles. The summed E-state index contributed by atoms with van der Waals surface area (Å²) in [7, 11) is 0. The first-order valence-corrected chi connectivity index (χ1v) is 6.91. The molecule has 0 saturated heterocycles. The molecule has 0 aliphatic heterocycles. The first-order chi connectivity index (χ1) is 10.8. The van der Waals surface area contributed by atoms with E-state index in [4.69, 9.17) is 0 Å². The molecule has 0 amide bonds. The minimum absolute atomic E-state index is 0.659. The van der Waals surface area contributed by atoms with Crippen LogP contribution in [0.25, 0.3) is 11.4 Å². The lowest BCUT2D eigenvalue weighted by molar-refractivity contribution is 1.10. The Bertz CT molecular complexity index is 770. The van der Waals surface area contributed by atoms with E-state index in [2.05, 4.69) is 25.5 Å². The fourth-order valence-corrected chi connectivity index (χ4v) is 1.97. The van der Waals surface area contributed by atoms with Crippen LogP contribution in [0.5, 0.6) is 0 Å². The summed E-state index contributed by atoms with van der Waals surface area (Å²) < 4.78 is 0. The lowest BCUT2D eigenvalue weighted by Gasteiger charge is -2.05. The third-order valence-electron chi connectivity index (χ3n) is 2.96. The topological polar surface area (TPSA) is 63.1 Å². The Morgan fingerprint density at radius 2 is 1.91 bits per heavy atom. The molecule has 22 heavy (non-hydrogen) atoms. The molecule has 1 N–H and O–H groups in total. The van der Waals surface area contributed by atoms with Gasteiger partial charge in [-0.1, -0.05) is 36.4 Å². The van der Waals surface area contributed by atoms with Gasteiger partial charge in [0.15, 0.2) is 11.6 Å². The fraction of sp³-hybridized carbons (Fsp3) is 0.0588. The maximum Gasteiger partial charge on any atom is 0.161 e. The van der Waals surface area contributed by atoms with E-state index in [1.165, 1.54) is 0 Å². The van der Waals surface area contributed by atoms with Crippen molar-refractivity contribution in [2.24, 2.45) is 5.10 Å². The molecular weight excluding hydrogens is 274 g/mol. The monoisotopic (exact) mass is 289 g/mol. The second kappa shape index (κ2) is 6.58. The Balaban J connectivity index is 1.80. The van der Waals surface area contributed by atoms with Crippen molar-refractivity contribution in [3.05, 3.63) is 72.2 Å². The van der Waals surface area contributed by atoms with Crippen LogP contribution >= 0.6 is 0 Å². The highest BCUT2D eigenvalue weighted by Gasteiger charge is 2.03. The first-order valence-electron chi connectivity index (χ1n) is 6.91. The van der Waals surface area contributed by atoms with E-state index in [0.29, 0.717) is 11.6 Å². The molecule has 0 aliphatic rings. The highest BCUT2D eigenvalue weighted by molar-refractivity contribution is 5.79. The van der Waals surface area contributed by atoms with Crippen molar-refractivity contribution in [2.75, 3.05) is 5.43 Å². The quantitative estimate of drug-likeness (QED) is 0.591. The number of nitrogens with one attached hydrogen (secondary N) is 1. The summed E-state index contributed by atoms with van der Waals surface area (Å²) in [6, 6.07) is 15.5. The van der Waals surface area contributed by atoms with E-state index in [-0.39, 0.29) is 0 Å². The maximum atomic E-state index is 4.48. The van der Waals surface area contributed by atoms with Crippen LogP contribution in [0.3, 0.4) is 0 Å². The van der Waals surface area contributed by atoms with Crippen LogP contribution in [0.1, 0.15) is 11.3 Å². The average molecular weight is 289 g/mol. The number of hydrogen-bond acceptors (Lipinski definition) is 5. The Kier molecular flexibility index (Phi) is 4.15. The van der Waals surface area contributed by atoms with Gasteiger partial charge in [-0.3, -0.25) is 10.4 Å². The van der Waals surface area contributed by atoms with Crippen molar-refractivity contribution in [1.82, 2.24) is 15.0 Å². The number of anilines is 1. The number of aryl methyl sites for hydroxylation is 1. The second-order valence-corrected chi connectivity index (χ2v) is 4.74. The molecule has 0 atom stereocenters. The molecule has 0 saturated carbocycles. The van der Waals surface area contributed by atoms with Gasteiger partial charge in [-0.2, -0.15) is 5.10 Å². The number of aromatic nitrogens is 3. The maximum absolute atomic E-state index is 4.48. The minimum atomic E-state index is 0.659. The smallest absolute Gasteiger partial charge is 0.161 e. The molecule has 0 fully saturated rings. The van der Waals surface area contributed by atoms with Crippen molar-refractivity contribution < 1.29 is 0 Å². The zero-order valence-electron chi connectivity index (χ0n) is 12.1. The molecule has 3 aromatic rings. The molecule has 3 rings (SSSR count). The Morgan fingerprint density at radius 3 is 2.68 bits per heavy atom. The van der Waals surface area contributed by atoms with Gasteiger partial charge >= 0.3 is 0 Å². The summed E-state index contributed by atoms with van der Waals surface area (Å²) in [5.74, 6) is 1.34. The largest absolute Gasteiger partial charge is 0.264 e. The number of hydrazone groups is 1. The SMILES string of the molecule is Cc1cc(NN=Cc2cccnc2)nc(-c2ccccc2)n1. The van der Waals surface area contributed by atoms with Gasteiger partial charge in [-0.05, 0) is 13.0 Å². The minimum Gasteiger partial charge on any atom is -0.264 e. The molecule has 2 aromatic heterocycles. The normalized spacial score (nSPS) is 10.8. The van der Waals surface area contributed by atoms with Crippen LogP contribution in [0.4, 0.5) is 5.82 Å². The predicted molar refractivity (Wildman–Crippen MR) is 87.7 cm³/mol. The standard InChI is InChI=1S/C17H15N5/c1-13-10-16(22-19-12-14-6-5-9-18-11-14)21-17(20-13)15-7-3-2-4-8-15/h2-12H,1H3,(H,20,21,22). The molecule has 2 heterocycles. The Labute approximate surface area is 128 Å². The molecule has 5 nitrogen and oxygen atoms in total. The van der Waals surface area contributed by atoms with E-state index in [1.54, 1.807) is 18.6 Å². The average Bonchev–Trinajstić information content (AvgIpc) is 2.56. The molecule has 0 aliphatic carbocycles. The third kappa shape index (κ3) is 3.52. The summed E-state index contributed by atoms with van der Waals surface area (Å²) in [5.41, 5.74) is 5.71. The number of hydrogen-bond donors (Lipinski definition) is 1. The van der Waals surface area contributed by atoms with Crippen LogP contribution in [-0.4, -0.2) is 21.2 Å². The summed E-state index contributed by atoms with van der Waals surface area (Å²) in [6.45, 7) is 1.93. The fourth-order valence-electron chi connectivity index (χ4n) is 1.97. The third-order valence-corrected chi connectivity index (χ3v) is 2.96. The van der Waals surface area contributed by atoms with Gasteiger partial charge in [-0.25, -0.2) is 9.97 Å². The van der Waals surface area contributed by atoms with E-state index >= 15 is 0 Å². The predicted octanol–water partition coefficient (Wildman–Crippen LogP) is 3.29. The number of pyridine rings is 1. The molecule has 0 spiro atoms. The van der Waals surface area contributed by atoms with Crippen LogP contribution in [0.15, 0.2) is 66.0 Å². The number of rotatable bonds is 4. The van der Waals surface area contributed by atoms with Crippen LogP contribution in [0.2, 0.25) is 0 Å². The van der Waals surface area contributed by atoms with Gasteiger partial charge in [0.2, 0.25) is 0 Å². The van der Waals surface area contributed by atoms with E-state index in [0.717, 1.165) is 16.8 Å². The van der Waals surface area contributed by atoms with Gasteiger partial charge in [0, 0.05) is 35.3 Å². The molecular formula is C17H15N5. The summed E-state index contributed by atoms with van der Waals surface area (Å²) in [6.07, 6.45) is 5.17. The summed E-state index contributed by atoms with van der Waals surface area (Å²) in [4.78, 5) is 13.0. The zero-order chi connectivity index (χ0) is 15.2. The van der Waals surface area contributed by atoms with Crippen molar-refractivity contribution in [3.8, 4) is 11.4 Å². The van der Waals surface area contributed by atoms with Crippen LogP contribution in [0, 0.1) is 6.92 Å². The van der Waals surface area contributed by atoms with Crippen molar-refractivity contribution in [3.63, 3.8) is 0 Å². The molecule has 0 radical (unpaired) electrons. The number of nitrogens with zero attached hydrogens (tertiary/aromatic N) is 4. The lowest BCUT2D eigenvalue weighted by Crippen LogP contribution is -1.99. The molecule has 5 heteroatoms. The lowest BCUT2D eigenvalue weighted by atomic mass is 10.2. The molecule has 0 unspecified atom stereocenters.